The highest BCUT2D eigenvalue weighted by molar-refractivity contribution is 5.97. The zero-order valence-corrected chi connectivity index (χ0v) is 23.5. The van der Waals surface area contributed by atoms with Crippen LogP contribution in [-0.2, 0) is 9.53 Å². The van der Waals surface area contributed by atoms with E-state index in [9.17, 15) is 19.7 Å². The van der Waals surface area contributed by atoms with E-state index >= 15 is 0 Å². The molecular weight excluding hydrogens is 494 g/mol. The van der Waals surface area contributed by atoms with Gasteiger partial charge in [0.2, 0.25) is 0 Å². The first-order chi connectivity index (χ1) is 18.4. The molecule has 3 aromatic carbocycles. The lowest BCUT2D eigenvalue weighted by atomic mass is 9.94. The maximum Gasteiger partial charge on any atom is 0.339 e. The van der Waals surface area contributed by atoms with Crippen LogP contribution in [0.4, 0.5) is 17.1 Å². The number of ketones is 1. The Kier molecular flexibility index (Phi) is 9.46. The minimum absolute atomic E-state index is 0.0525. The van der Waals surface area contributed by atoms with Crippen molar-refractivity contribution in [1.29, 1.82) is 0 Å². The van der Waals surface area contributed by atoms with Crippen LogP contribution in [0.25, 0.3) is 11.1 Å². The molecule has 1 atom stereocenters. The molecule has 3 aromatic rings. The van der Waals surface area contributed by atoms with Crippen molar-refractivity contribution in [3.8, 4) is 11.1 Å². The van der Waals surface area contributed by atoms with Crippen molar-refractivity contribution in [2.24, 2.45) is 0 Å². The molecule has 1 unspecified atom stereocenters. The Bertz CT molecular complexity index is 1330. The molecule has 0 aliphatic rings. The van der Waals surface area contributed by atoms with Crippen molar-refractivity contribution in [3.63, 3.8) is 0 Å². The second-order valence-electron chi connectivity index (χ2n) is 10.7. The van der Waals surface area contributed by atoms with Crippen molar-refractivity contribution in [3.05, 3.63) is 88.0 Å². The third-order valence-electron chi connectivity index (χ3n) is 6.19. The first-order valence-corrected chi connectivity index (χ1v) is 13.1. The molecule has 8 heteroatoms. The fourth-order valence-electron chi connectivity index (χ4n) is 4.18. The van der Waals surface area contributed by atoms with Gasteiger partial charge in [0.05, 0.1) is 10.5 Å². The number of nitrogens with zero attached hydrogens (tertiary/aromatic N) is 2. The van der Waals surface area contributed by atoms with Crippen LogP contribution in [0.15, 0.2) is 66.7 Å². The number of nitrogens with one attached hydrogen (secondary N) is 1. The summed E-state index contributed by atoms with van der Waals surface area (Å²) in [5, 5.41) is 14.9. The number of Topliss-reactive ketones (excluding diaryl/α,β-unsaturated/α-hetero) is 1. The molecule has 0 amide bonds. The molecule has 8 nitrogen and oxygen atoms in total. The number of unbranched alkanes of at least 4 members (excludes halogenated alkanes) is 1. The number of hydrogen-bond donors (Lipinski definition) is 1. The quantitative estimate of drug-likeness (QED) is 0.159. The zero-order chi connectivity index (χ0) is 28.7. The SMILES string of the molecule is CCCCC(=O)C(Nc1cc(N(C)C)ccc1[N+](=O)[O-])c1ccc(-c2ccccc2C(=O)OC(C)(C)C)cc1. The second kappa shape index (κ2) is 12.6. The predicted octanol–water partition coefficient (Wildman–Crippen LogP) is 7.20. The van der Waals surface area contributed by atoms with Gasteiger partial charge in [-0.3, -0.25) is 14.9 Å². The predicted molar refractivity (Wildman–Crippen MR) is 155 cm³/mol. The molecule has 0 heterocycles. The standard InChI is InChI=1S/C31H37N3O5/c1-7-8-13-28(35)29(32-26-20-23(33(5)6)18-19-27(26)34(37)38)22-16-14-21(15-17-22)24-11-9-10-12-25(24)30(36)39-31(2,3)4/h9-12,14-20,29,32H,7-8,13H2,1-6H3. The number of ether oxygens (including phenoxy) is 1. The molecular formula is C31H37N3O5. The largest absolute Gasteiger partial charge is 0.456 e. The van der Waals surface area contributed by atoms with Crippen molar-refractivity contribution in [1.82, 2.24) is 0 Å². The van der Waals surface area contributed by atoms with E-state index in [2.05, 4.69) is 5.32 Å². The highest BCUT2D eigenvalue weighted by Crippen LogP contribution is 2.34. The molecule has 0 bridgehead atoms. The summed E-state index contributed by atoms with van der Waals surface area (Å²) in [6, 6.07) is 18.6. The summed E-state index contributed by atoms with van der Waals surface area (Å²) < 4.78 is 5.59. The molecule has 0 saturated carbocycles. The number of carbonyl (C=O) groups is 2. The smallest absolute Gasteiger partial charge is 0.339 e. The first kappa shape index (κ1) is 29.4. The van der Waals surface area contributed by atoms with Gasteiger partial charge >= 0.3 is 5.97 Å². The molecule has 0 spiro atoms. The molecule has 0 aliphatic heterocycles. The minimum atomic E-state index is -0.775. The van der Waals surface area contributed by atoms with Gasteiger partial charge in [-0.25, -0.2) is 4.79 Å². The molecule has 0 fully saturated rings. The van der Waals surface area contributed by atoms with Crippen LogP contribution in [0.2, 0.25) is 0 Å². The number of rotatable bonds is 11. The van der Waals surface area contributed by atoms with E-state index in [-0.39, 0.29) is 17.2 Å². The van der Waals surface area contributed by atoms with E-state index in [0.29, 0.717) is 17.5 Å². The lowest BCUT2D eigenvalue weighted by Gasteiger charge is -2.22. The zero-order valence-electron chi connectivity index (χ0n) is 23.5. The maximum atomic E-state index is 13.3. The monoisotopic (exact) mass is 531 g/mol. The van der Waals surface area contributed by atoms with Gasteiger partial charge in [-0.15, -0.1) is 0 Å². The Hall–Kier alpha value is -4.20. The summed E-state index contributed by atoms with van der Waals surface area (Å²) >= 11 is 0. The van der Waals surface area contributed by atoms with Crippen LogP contribution in [0.5, 0.6) is 0 Å². The van der Waals surface area contributed by atoms with E-state index in [1.807, 2.05) is 83.1 Å². The van der Waals surface area contributed by atoms with Crippen LogP contribution < -0.4 is 10.2 Å². The third kappa shape index (κ3) is 7.66. The molecule has 0 radical (unpaired) electrons. The molecule has 0 saturated heterocycles. The van der Waals surface area contributed by atoms with E-state index in [4.69, 9.17) is 4.74 Å². The second-order valence-corrected chi connectivity index (χ2v) is 10.7. The molecule has 0 aromatic heterocycles. The van der Waals surface area contributed by atoms with Gasteiger partial charge in [0.25, 0.3) is 5.69 Å². The fraction of sp³-hybridized carbons (Fsp3) is 0.355. The first-order valence-electron chi connectivity index (χ1n) is 13.1. The van der Waals surface area contributed by atoms with Gasteiger partial charge in [0, 0.05) is 32.3 Å². The molecule has 39 heavy (non-hydrogen) atoms. The van der Waals surface area contributed by atoms with Gasteiger partial charge < -0.3 is 15.0 Å². The number of nitro groups is 1. The van der Waals surface area contributed by atoms with Gasteiger partial charge in [-0.05, 0) is 62.1 Å². The van der Waals surface area contributed by atoms with Crippen LogP contribution in [0.3, 0.4) is 0 Å². The van der Waals surface area contributed by atoms with E-state index in [1.165, 1.54) is 6.07 Å². The average Bonchev–Trinajstić information content (AvgIpc) is 2.89. The summed E-state index contributed by atoms with van der Waals surface area (Å²) in [6.45, 7) is 7.48. The lowest BCUT2D eigenvalue weighted by Crippen LogP contribution is -2.24. The Labute approximate surface area is 230 Å². The Morgan fingerprint density at radius 2 is 1.69 bits per heavy atom. The number of anilines is 2. The molecule has 1 N–H and O–H groups in total. The number of hydrogen-bond acceptors (Lipinski definition) is 7. The van der Waals surface area contributed by atoms with E-state index in [0.717, 1.165) is 29.7 Å². The summed E-state index contributed by atoms with van der Waals surface area (Å²) in [4.78, 5) is 39.3. The van der Waals surface area contributed by atoms with Crippen LogP contribution in [-0.4, -0.2) is 36.4 Å². The van der Waals surface area contributed by atoms with Crippen molar-refractivity contribution < 1.29 is 19.2 Å². The Balaban J connectivity index is 2.00. The van der Waals surface area contributed by atoms with Crippen LogP contribution in [0.1, 0.15) is 68.9 Å². The number of benzene rings is 3. The average molecular weight is 532 g/mol. The van der Waals surface area contributed by atoms with Gasteiger partial charge in [0.15, 0.2) is 5.78 Å². The summed E-state index contributed by atoms with van der Waals surface area (Å²) in [5.74, 6) is -0.465. The Morgan fingerprint density at radius 1 is 1.03 bits per heavy atom. The van der Waals surface area contributed by atoms with Gasteiger partial charge in [-0.2, -0.15) is 0 Å². The van der Waals surface area contributed by atoms with Crippen LogP contribution in [0, 0.1) is 10.1 Å². The molecule has 3 rings (SSSR count). The number of nitro benzene ring substituents is 1. The van der Waals surface area contributed by atoms with Gasteiger partial charge in [-0.1, -0.05) is 55.8 Å². The highest BCUT2D eigenvalue weighted by Gasteiger charge is 2.25. The van der Waals surface area contributed by atoms with E-state index < -0.39 is 22.5 Å². The summed E-state index contributed by atoms with van der Waals surface area (Å²) in [5.41, 5.74) is 2.96. The molecule has 206 valence electrons. The number of esters is 1. The fourth-order valence-corrected chi connectivity index (χ4v) is 4.18. The third-order valence-corrected chi connectivity index (χ3v) is 6.19. The summed E-state index contributed by atoms with van der Waals surface area (Å²) in [7, 11) is 3.70. The van der Waals surface area contributed by atoms with Crippen molar-refractivity contribution >= 4 is 28.8 Å². The highest BCUT2D eigenvalue weighted by atomic mass is 16.6. The van der Waals surface area contributed by atoms with E-state index in [1.54, 1.807) is 24.3 Å². The van der Waals surface area contributed by atoms with Crippen LogP contribution >= 0.6 is 0 Å². The minimum Gasteiger partial charge on any atom is -0.456 e. The normalized spacial score (nSPS) is 11.9. The molecule has 0 aliphatic carbocycles. The summed E-state index contributed by atoms with van der Waals surface area (Å²) in [6.07, 6.45) is 1.92. The van der Waals surface area contributed by atoms with Crippen molar-refractivity contribution in [2.45, 2.75) is 58.6 Å². The topological polar surface area (TPSA) is 102 Å². The maximum absolute atomic E-state index is 13.3. The Morgan fingerprint density at radius 3 is 2.28 bits per heavy atom. The van der Waals surface area contributed by atoms with Gasteiger partial charge in [0.1, 0.15) is 17.3 Å². The lowest BCUT2D eigenvalue weighted by molar-refractivity contribution is -0.384. The van der Waals surface area contributed by atoms with Crippen molar-refractivity contribution in [2.75, 3.05) is 24.3 Å². The number of carbonyl (C=O) groups excluding carboxylic acids is 2.